The standard InChI is InChI=1S/C25H23N3O4S/c1-3-17-13-18(25(33-17)28-24(29)20-7-5-11-30-20)23(27-22-8-4-6-15(2)26-22)16-9-10-19-21(12-16)32-14-31-19/h4-13,23H,3,14H2,1-2H3,(H,26,27)(H,28,29)/t23-/m1/s1. The molecule has 1 aromatic carbocycles. The van der Waals surface area contributed by atoms with Crippen LogP contribution in [0.15, 0.2) is 65.3 Å². The second-order valence-electron chi connectivity index (χ2n) is 7.64. The molecule has 1 atom stereocenters. The van der Waals surface area contributed by atoms with Crippen LogP contribution in [0.5, 0.6) is 11.5 Å². The minimum absolute atomic E-state index is 0.208. The first-order valence-corrected chi connectivity index (χ1v) is 11.5. The maximum atomic E-state index is 12.8. The molecule has 4 aromatic rings. The first-order valence-electron chi connectivity index (χ1n) is 10.7. The van der Waals surface area contributed by atoms with Gasteiger partial charge in [-0.3, -0.25) is 4.79 Å². The van der Waals surface area contributed by atoms with Gasteiger partial charge in [-0.25, -0.2) is 4.98 Å². The number of amides is 1. The zero-order chi connectivity index (χ0) is 22.8. The highest BCUT2D eigenvalue weighted by atomic mass is 32.1. The molecule has 0 aliphatic carbocycles. The number of benzene rings is 1. The summed E-state index contributed by atoms with van der Waals surface area (Å²) in [6, 6.07) is 16.9. The summed E-state index contributed by atoms with van der Waals surface area (Å²) in [4.78, 5) is 18.6. The van der Waals surface area contributed by atoms with E-state index in [0.29, 0.717) is 5.75 Å². The lowest BCUT2D eigenvalue weighted by molar-refractivity contribution is 0.0997. The lowest BCUT2D eigenvalue weighted by atomic mass is 9.99. The quantitative estimate of drug-likeness (QED) is 0.362. The second-order valence-corrected chi connectivity index (χ2v) is 8.77. The van der Waals surface area contributed by atoms with E-state index >= 15 is 0 Å². The highest BCUT2D eigenvalue weighted by Crippen LogP contribution is 2.41. The van der Waals surface area contributed by atoms with Crippen molar-refractivity contribution in [1.82, 2.24) is 4.98 Å². The molecule has 0 fully saturated rings. The lowest BCUT2D eigenvalue weighted by Gasteiger charge is -2.21. The Balaban J connectivity index is 1.57. The third-order valence-electron chi connectivity index (χ3n) is 5.35. The van der Waals surface area contributed by atoms with Crippen molar-refractivity contribution in [1.29, 1.82) is 0 Å². The number of aryl methyl sites for hydroxylation is 2. The summed E-state index contributed by atoms with van der Waals surface area (Å²) in [5, 5.41) is 7.35. The van der Waals surface area contributed by atoms with E-state index in [9.17, 15) is 4.79 Å². The van der Waals surface area contributed by atoms with Gasteiger partial charge in [-0.15, -0.1) is 11.3 Å². The highest BCUT2D eigenvalue weighted by Gasteiger charge is 2.25. The topological polar surface area (TPSA) is 85.6 Å². The van der Waals surface area contributed by atoms with E-state index < -0.39 is 0 Å². The van der Waals surface area contributed by atoms with Gasteiger partial charge in [0.1, 0.15) is 10.8 Å². The van der Waals surface area contributed by atoms with Gasteiger partial charge in [0.15, 0.2) is 17.3 Å². The number of thiophene rings is 1. The van der Waals surface area contributed by atoms with Crippen LogP contribution in [0, 0.1) is 6.92 Å². The van der Waals surface area contributed by atoms with Crippen molar-refractivity contribution in [2.45, 2.75) is 26.3 Å². The molecular formula is C25H23N3O4S. The molecule has 0 saturated carbocycles. The van der Waals surface area contributed by atoms with Gasteiger partial charge in [0, 0.05) is 16.1 Å². The van der Waals surface area contributed by atoms with Crippen molar-refractivity contribution in [3.63, 3.8) is 0 Å². The molecule has 168 valence electrons. The molecule has 0 saturated heterocycles. The van der Waals surface area contributed by atoms with E-state index in [0.717, 1.165) is 44.7 Å². The van der Waals surface area contributed by atoms with Crippen LogP contribution in [-0.2, 0) is 6.42 Å². The van der Waals surface area contributed by atoms with Gasteiger partial charge in [0.25, 0.3) is 5.91 Å². The summed E-state index contributed by atoms with van der Waals surface area (Å²) in [5.74, 6) is 2.13. The Morgan fingerprint density at radius 1 is 1.12 bits per heavy atom. The van der Waals surface area contributed by atoms with Crippen molar-refractivity contribution in [2.75, 3.05) is 17.4 Å². The van der Waals surface area contributed by atoms with E-state index in [2.05, 4.69) is 28.6 Å². The molecule has 1 aliphatic heterocycles. The minimum Gasteiger partial charge on any atom is -0.459 e. The molecule has 3 aromatic heterocycles. The number of anilines is 2. The summed E-state index contributed by atoms with van der Waals surface area (Å²) >= 11 is 1.56. The molecule has 0 radical (unpaired) electrons. The van der Waals surface area contributed by atoms with Crippen LogP contribution in [0.25, 0.3) is 0 Å². The summed E-state index contributed by atoms with van der Waals surface area (Å²) in [6.45, 7) is 4.26. The Bertz CT molecular complexity index is 1280. The van der Waals surface area contributed by atoms with Gasteiger partial charge in [0.2, 0.25) is 6.79 Å². The molecule has 2 N–H and O–H groups in total. The molecule has 1 aliphatic rings. The van der Waals surface area contributed by atoms with E-state index in [1.165, 1.54) is 6.26 Å². The molecular weight excluding hydrogens is 438 g/mol. The third kappa shape index (κ3) is 4.42. The number of hydrogen-bond acceptors (Lipinski definition) is 7. The van der Waals surface area contributed by atoms with Crippen LogP contribution in [0.3, 0.4) is 0 Å². The van der Waals surface area contributed by atoms with Crippen LogP contribution in [0.4, 0.5) is 10.8 Å². The first-order chi connectivity index (χ1) is 16.1. The number of rotatable bonds is 7. The SMILES string of the molecule is CCc1cc([C@H](Nc2cccc(C)n2)c2ccc3c(c2)OCO3)c(NC(=O)c2ccco2)s1. The minimum atomic E-state index is -0.288. The Labute approximate surface area is 195 Å². The van der Waals surface area contributed by atoms with Gasteiger partial charge in [-0.2, -0.15) is 0 Å². The van der Waals surface area contributed by atoms with Crippen molar-refractivity contribution < 1.29 is 18.7 Å². The number of hydrogen-bond donors (Lipinski definition) is 2. The van der Waals surface area contributed by atoms with E-state index in [1.807, 2.05) is 43.3 Å². The van der Waals surface area contributed by atoms with Gasteiger partial charge in [-0.05, 0) is 61.4 Å². The molecule has 33 heavy (non-hydrogen) atoms. The molecule has 0 unspecified atom stereocenters. The number of aromatic nitrogens is 1. The molecule has 5 rings (SSSR count). The van der Waals surface area contributed by atoms with Gasteiger partial charge in [0.05, 0.1) is 12.3 Å². The van der Waals surface area contributed by atoms with Gasteiger partial charge < -0.3 is 24.5 Å². The number of ether oxygens (including phenoxy) is 2. The number of carbonyl (C=O) groups excluding carboxylic acids is 1. The van der Waals surface area contributed by atoms with E-state index in [1.54, 1.807) is 23.5 Å². The molecule has 8 heteroatoms. The van der Waals surface area contributed by atoms with Gasteiger partial charge >= 0.3 is 0 Å². The molecule has 7 nitrogen and oxygen atoms in total. The van der Waals surface area contributed by atoms with Crippen molar-refractivity contribution in [3.05, 3.63) is 88.3 Å². The van der Waals surface area contributed by atoms with Crippen LogP contribution in [0.1, 0.15) is 45.2 Å². The molecule has 1 amide bonds. The normalized spacial score (nSPS) is 13.0. The van der Waals surface area contributed by atoms with Crippen molar-refractivity contribution in [3.8, 4) is 11.5 Å². The fourth-order valence-electron chi connectivity index (χ4n) is 3.72. The monoisotopic (exact) mass is 461 g/mol. The number of fused-ring (bicyclic) bond motifs is 1. The predicted molar refractivity (Wildman–Crippen MR) is 127 cm³/mol. The summed E-state index contributed by atoms with van der Waals surface area (Å²) in [6.07, 6.45) is 2.34. The number of nitrogens with one attached hydrogen (secondary N) is 2. The zero-order valence-corrected chi connectivity index (χ0v) is 19.1. The second kappa shape index (κ2) is 8.99. The number of pyridine rings is 1. The highest BCUT2D eigenvalue weighted by molar-refractivity contribution is 7.16. The van der Waals surface area contributed by atoms with E-state index in [4.69, 9.17) is 13.9 Å². The number of carbonyl (C=O) groups is 1. The third-order valence-corrected chi connectivity index (χ3v) is 6.56. The summed E-state index contributed by atoms with van der Waals surface area (Å²) in [5.41, 5.74) is 2.82. The van der Waals surface area contributed by atoms with Crippen molar-refractivity contribution >= 4 is 28.1 Å². The van der Waals surface area contributed by atoms with E-state index in [-0.39, 0.29) is 24.5 Å². The van der Waals surface area contributed by atoms with Crippen LogP contribution >= 0.6 is 11.3 Å². The molecule has 0 bridgehead atoms. The summed E-state index contributed by atoms with van der Waals surface area (Å²) < 4.78 is 16.4. The fourth-order valence-corrected chi connectivity index (χ4v) is 4.75. The average Bonchev–Trinajstić information content (AvgIpc) is 3.58. The molecule has 4 heterocycles. The number of nitrogens with zero attached hydrogens (tertiary/aromatic N) is 1. The smallest absolute Gasteiger partial charge is 0.291 e. The lowest BCUT2D eigenvalue weighted by Crippen LogP contribution is -2.17. The van der Waals surface area contributed by atoms with Crippen molar-refractivity contribution in [2.24, 2.45) is 0 Å². The van der Waals surface area contributed by atoms with Crippen LogP contribution in [-0.4, -0.2) is 17.7 Å². The summed E-state index contributed by atoms with van der Waals surface area (Å²) in [7, 11) is 0. The maximum absolute atomic E-state index is 12.8. The Morgan fingerprint density at radius 3 is 2.79 bits per heavy atom. The average molecular weight is 462 g/mol. The maximum Gasteiger partial charge on any atom is 0.291 e. The van der Waals surface area contributed by atoms with Crippen LogP contribution < -0.4 is 20.1 Å². The zero-order valence-electron chi connectivity index (χ0n) is 18.3. The van der Waals surface area contributed by atoms with Crippen LogP contribution in [0.2, 0.25) is 0 Å². The Kier molecular flexibility index (Phi) is 5.75. The first kappa shape index (κ1) is 21.1. The van der Waals surface area contributed by atoms with Gasteiger partial charge in [-0.1, -0.05) is 19.1 Å². The largest absolute Gasteiger partial charge is 0.459 e. The fraction of sp³-hybridized carbons (Fsp3) is 0.200. The molecule has 0 spiro atoms. The predicted octanol–water partition coefficient (Wildman–Crippen LogP) is 5.79. The Hall–Kier alpha value is -3.78. The number of furan rings is 1. The Morgan fingerprint density at radius 2 is 2.00 bits per heavy atom.